The van der Waals surface area contributed by atoms with Crippen molar-refractivity contribution in [2.75, 3.05) is 0 Å². The first-order valence-electron chi connectivity index (χ1n) is 3.12. The van der Waals surface area contributed by atoms with Gasteiger partial charge in [-0.25, -0.2) is 23.1 Å². The Hall–Kier alpha value is -0.360. The fourth-order valence-corrected chi connectivity index (χ4v) is 1.13. The van der Waals surface area contributed by atoms with Crippen molar-refractivity contribution >= 4 is 27.5 Å². The van der Waals surface area contributed by atoms with Crippen LogP contribution in [0.25, 0.3) is 0 Å². The Bertz CT molecular complexity index is 310. The first-order valence-corrected chi connectivity index (χ1v) is 4.41. The molecule has 1 aromatic rings. The number of rotatable bonds is 2. The average Bonchev–Trinajstić information content (AvgIpc) is 2.08. The molecule has 0 aliphatic heterocycles. The Morgan fingerprint density at radius 1 is 1.38 bits per heavy atom. The first-order chi connectivity index (χ1) is 6.04. The molecular formula is C6H3BrClF3N2. The fraction of sp³-hybridized carbons (Fsp3) is 0.333. The third kappa shape index (κ3) is 2.31. The normalized spacial score (nSPS) is 13.4. The van der Waals surface area contributed by atoms with Crippen LogP contribution in [-0.4, -0.2) is 16.4 Å². The molecular weight excluding hydrogens is 272 g/mol. The van der Waals surface area contributed by atoms with Crippen LogP contribution in [0.4, 0.5) is 13.2 Å². The smallest absolute Gasteiger partial charge is 0.237 e. The molecule has 2 nitrogen and oxygen atoms in total. The second-order valence-electron chi connectivity index (χ2n) is 2.10. The van der Waals surface area contributed by atoms with Gasteiger partial charge < -0.3 is 0 Å². The molecule has 1 unspecified atom stereocenters. The van der Waals surface area contributed by atoms with E-state index in [9.17, 15) is 13.2 Å². The summed E-state index contributed by atoms with van der Waals surface area (Å²) in [5, 5.41) is -0.463. The lowest BCUT2D eigenvalue weighted by Crippen LogP contribution is -2.07. The van der Waals surface area contributed by atoms with E-state index in [4.69, 9.17) is 11.6 Å². The van der Waals surface area contributed by atoms with Gasteiger partial charge in [0.05, 0.1) is 0 Å². The molecule has 13 heavy (non-hydrogen) atoms. The van der Waals surface area contributed by atoms with Crippen LogP contribution < -0.4 is 0 Å². The van der Waals surface area contributed by atoms with Crippen molar-refractivity contribution in [3.05, 3.63) is 23.0 Å². The van der Waals surface area contributed by atoms with Crippen LogP contribution in [0.1, 0.15) is 10.5 Å². The van der Waals surface area contributed by atoms with Gasteiger partial charge in [-0.05, 0) is 0 Å². The van der Waals surface area contributed by atoms with Crippen molar-refractivity contribution in [2.24, 2.45) is 0 Å². The van der Waals surface area contributed by atoms with Crippen molar-refractivity contribution < 1.29 is 13.2 Å². The van der Waals surface area contributed by atoms with Crippen LogP contribution >= 0.6 is 27.5 Å². The summed E-state index contributed by atoms with van der Waals surface area (Å²) < 4.78 is 37.2. The van der Waals surface area contributed by atoms with Gasteiger partial charge >= 0.3 is 0 Å². The fourth-order valence-electron chi connectivity index (χ4n) is 0.672. The Balaban J connectivity index is 3.07. The molecule has 0 aliphatic rings. The molecule has 0 spiro atoms. The Kier molecular flexibility index (Phi) is 3.49. The average molecular weight is 275 g/mol. The highest BCUT2D eigenvalue weighted by molar-refractivity contribution is 9.09. The van der Waals surface area contributed by atoms with Gasteiger partial charge in [0.2, 0.25) is 0 Å². The molecule has 72 valence electrons. The van der Waals surface area contributed by atoms with Gasteiger partial charge in [0, 0.05) is 0 Å². The molecule has 1 aromatic heterocycles. The summed E-state index contributed by atoms with van der Waals surface area (Å²) in [5.74, 6) is -1.02. The maximum Gasteiger partial charge on any atom is 0.256 e. The van der Waals surface area contributed by atoms with E-state index in [0.717, 1.165) is 6.33 Å². The maximum absolute atomic E-state index is 13.0. The number of aromatic nitrogens is 2. The zero-order valence-electron chi connectivity index (χ0n) is 6.02. The number of alkyl halides is 3. The Morgan fingerprint density at radius 2 is 2.00 bits per heavy atom. The van der Waals surface area contributed by atoms with Gasteiger partial charge in [-0.15, -0.1) is 0 Å². The summed E-state index contributed by atoms with van der Waals surface area (Å²) in [6, 6.07) is 0. The topological polar surface area (TPSA) is 25.8 Å². The van der Waals surface area contributed by atoms with Crippen LogP contribution in [0.15, 0.2) is 6.33 Å². The van der Waals surface area contributed by atoms with E-state index in [2.05, 4.69) is 25.9 Å². The summed E-state index contributed by atoms with van der Waals surface area (Å²) >= 11 is 7.87. The lowest BCUT2D eigenvalue weighted by atomic mass is 10.3. The molecule has 1 heterocycles. The molecule has 0 radical (unpaired) electrons. The largest absolute Gasteiger partial charge is 0.256 e. The van der Waals surface area contributed by atoms with E-state index in [1.165, 1.54) is 0 Å². The van der Waals surface area contributed by atoms with Crippen molar-refractivity contribution in [3.8, 4) is 0 Å². The van der Waals surface area contributed by atoms with Gasteiger partial charge in [0.15, 0.2) is 11.0 Å². The van der Waals surface area contributed by atoms with Crippen molar-refractivity contribution in [1.29, 1.82) is 0 Å². The minimum absolute atomic E-state index is 0.435. The maximum atomic E-state index is 13.0. The van der Waals surface area contributed by atoms with Gasteiger partial charge in [-0.3, -0.25) is 0 Å². The SMILES string of the molecule is Fc1c(Cl)ncnc1C(Br)C(F)F. The quantitative estimate of drug-likeness (QED) is 0.612. The van der Waals surface area contributed by atoms with Crippen molar-refractivity contribution in [1.82, 2.24) is 9.97 Å². The van der Waals surface area contributed by atoms with E-state index >= 15 is 0 Å². The summed E-state index contributed by atoms with van der Waals surface area (Å²) in [6.45, 7) is 0. The Labute approximate surface area is 85.3 Å². The monoisotopic (exact) mass is 274 g/mol. The van der Waals surface area contributed by atoms with Crippen LogP contribution in [0, 0.1) is 5.82 Å². The lowest BCUT2D eigenvalue weighted by Gasteiger charge is -2.08. The van der Waals surface area contributed by atoms with Crippen LogP contribution in [0.2, 0.25) is 5.15 Å². The van der Waals surface area contributed by atoms with Crippen LogP contribution in [0.3, 0.4) is 0 Å². The van der Waals surface area contributed by atoms with E-state index in [1.54, 1.807) is 0 Å². The van der Waals surface area contributed by atoms with Gasteiger partial charge in [0.25, 0.3) is 6.43 Å². The molecule has 7 heteroatoms. The minimum atomic E-state index is -2.75. The zero-order chi connectivity index (χ0) is 10.0. The molecule has 0 amide bonds. The number of hydrogen-bond donors (Lipinski definition) is 0. The highest BCUT2D eigenvalue weighted by Gasteiger charge is 2.25. The molecule has 1 atom stereocenters. The summed E-state index contributed by atoms with van der Waals surface area (Å²) in [4.78, 5) is 5.19. The molecule has 0 bridgehead atoms. The molecule has 0 saturated heterocycles. The highest BCUT2D eigenvalue weighted by Crippen LogP contribution is 2.30. The molecule has 0 fully saturated rings. The standard InChI is InChI=1S/C6H3BrClF3N2/c7-2(6(10)11)4-3(9)5(8)13-1-12-4/h1-2,6H. The lowest BCUT2D eigenvalue weighted by molar-refractivity contribution is 0.145. The third-order valence-corrected chi connectivity index (χ3v) is 2.35. The molecule has 0 aliphatic carbocycles. The highest BCUT2D eigenvalue weighted by atomic mass is 79.9. The predicted molar refractivity (Wildman–Crippen MR) is 44.7 cm³/mol. The third-order valence-electron chi connectivity index (χ3n) is 1.26. The number of nitrogens with zero attached hydrogens (tertiary/aromatic N) is 2. The number of halogens is 5. The van der Waals surface area contributed by atoms with Crippen molar-refractivity contribution in [3.63, 3.8) is 0 Å². The minimum Gasteiger partial charge on any atom is -0.237 e. The van der Waals surface area contributed by atoms with Crippen molar-refractivity contribution in [2.45, 2.75) is 11.3 Å². The van der Waals surface area contributed by atoms with Crippen LogP contribution in [0.5, 0.6) is 0 Å². The summed E-state index contributed by atoms with van der Waals surface area (Å²) in [5.41, 5.74) is -0.435. The van der Waals surface area contributed by atoms with E-state index in [0.29, 0.717) is 0 Å². The van der Waals surface area contributed by atoms with Gasteiger partial charge in [0.1, 0.15) is 16.8 Å². The van der Waals surface area contributed by atoms with Gasteiger partial charge in [-0.1, -0.05) is 27.5 Å². The van der Waals surface area contributed by atoms with Crippen LogP contribution in [-0.2, 0) is 0 Å². The first kappa shape index (κ1) is 10.7. The predicted octanol–water partition coefficient (Wildman–Crippen LogP) is 2.97. The number of hydrogen-bond acceptors (Lipinski definition) is 2. The van der Waals surface area contributed by atoms with E-state index < -0.39 is 27.9 Å². The van der Waals surface area contributed by atoms with E-state index in [1.807, 2.05) is 0 Å². The second kappa shape index (κ2) is 4.23. The summed E-state index contributed by atoms with van der Waals surface area (Å²) in [6.07, 6.45) is -1.82. The Morgan fingerprint density at radius 3 is 2.54 bits per heavy atom. The molecule has 1 rings (SSSR count). The van der Waals surface area contributed by atoms with Gasteiger partial charge in [-0.2, -0.15) is 0 Å². The molecule has 0 saturated carbocycles. The van der Waals surface area contributed by atoms with E-state index in [-0.39, 0.29) is 0 Å². The molecule has 0 aromatic carbocycles. The summed E-state index contributed by atoms with van der Waals surface area (Å²) in [7, 11) is 0. The molecule has 0 N–H and O–H groups in total. The zero-order valence-corrected chi connectivity index (χ0v) is 8.36. The second-order valence-corrected chi connectivity index (χ2v) is 3.44.